The maximum absolute atomic E-state index is 10.3. The second-order valence-electron chi connectivity index (χ2n) is 6.54. The summed E-state index contributed by atoms with van der Waals surface area (Å²) in [6.07, 6.45) is 20.2. The largest absolute Gasteiger partial charge is 0.481 e. The smallest absolute Gasteiger partial charge is 0.394 e. The van der Waals surface area contributed by atoms with Crippen LogP contribution in [0.1, 0.15) is 110 Å². The molecule has 0 aromatic carbocycles. The first-order valence-corrected chi connectivity index (χ1v) is 11.1. The Morgan fingerprint density at radius 3 is 1.12 bits per heavy atom. The van der Waals surface area contributed by atoms with Gasteiger partial charge in [0, 0.05) is 6.42 Å². The highest BCUT2D eigenvalue weighted by molar-refractivity contribution is 7.79. The van der Waals surface area contributed by atoms with Crippen LogP contribution in [0.5, 0.6) is 0 Å². The molecule has 0 aromatic rings. The van der Waals surface area contributed by atoms with Crippen molar-refractivity contribution in [3.8, 4) is 0 Å². The van der Waals surface area contributed by atoms with Crippen molar-refractivity contribution < 1.29 is 27.4 Å². The molecular weight excluding hydrogens is 344 g/mol. The summed E-state index contributed by atoms with van der Waals surface area (Å²) in [6, 6.07) is 0. The number of carboxylic acid groups (broad SMARTS) is 1. The van der Waals surface area contributed by atoms with Crippen LogP contribution < -0.4 is 0 Å². The molecule has 0 aromatic heterocycles. The lowest BCUT2D eigenvalue weighted by molar-refractivity contribution is -0.137. The number of hydrogen-bond donors (Lipinski definition) is 3. The van der Waals surface area contributed by atoms with Crippen molar-refractivity contribution in [2.24, 2.45) is 0 Å². The van der Waals surface area contributed by atoms with Crippen LogP contribution in [0.15, 0.2) is 0 Å². The average molecular weight is 383 g/mol. The molecule has 0 aliphatic carbocycles. The van der Waals surface area contributed by atoms with Crippen LogP contribution in [0.2, 0.25) is 0 Å². The van der Waals surface area contributed by atoms with E-state index in [0.717, 1.165) is 12.8 Å². The maximum Gasteiger partial charge on any atom is 0.394 e. The third kappa shape index (κ3) is 39.8. The third-order valence-electron chi connectivity index (χ3n) is 3.99. The molecule has 0 aliphatic rings. The predicted molar refractivity (Wildman–Crippen MR) is 101 cm³/mol. The van der Waals surface area contributed by atoms with E-state index < -0.39 is 16.4 Å². The van der Waals surface area contributed by atoms with E-state index in [1.807, 2.05) is 0 Å². The maximum atomic E-state index is 10.3. The fourth-order valence-corrected chi connectivity index (χ4v) is 2.65. The van der Waals surface area contributed by atoms with Crippen LogP contribution in [0, 0.1) is 0 Å². The molecule has 0 fully saturated rings. The molecule has 0 aliphatic heterocycles. The van der Waals surface area contributed by atoms with Gasteiger partial charge in [0.2, 0.25) is 0 Å². The van der Waals surface area contributed by atoms with Gasteiger partial charge in [-0.1, -0.05) is 96.8 Å². The Bertz CT molecular complexity index is 373. The van der Waals surface area contributed by atoms with Crippen LogP contribution >= 0.6 is 0 Å². The van der Waals surface area contributed by atoms with Crippen LogP contribution in [-0.4, -0.2) is 28.6 Å². The van der Waals surface area contributed by atoms with Gasteiger partial charge in [0.1, 0.15) is 0 Å². The van der Waals surface area contributed by atoms with Crippen molar-refractivity contribution in [2.75, 3.05) is 0 Å². The van der Waals surface area contributed by atoms with Crippen molar-refractivity contribution in [1.82, 2.24) is 0 Å². The zero-order chi connectivity index (χ0) is 19.4. The second-order valence-corrected chi connectivity index (χ2v) is 7.44. The number of carboxylic acids is 1. The topological polar surface area (TPSA) is 112 Å². The van der Waals surface area contributed by atoms with E-state index in [4.69, 9.17) is 22.6 Å². The number of carbonyl (C=O) groups is 1. The summed E-state index contributed by atoms with van der Waals surface area (Å²) < 4.78 is 31.6. The fourth-order valence-electron chi connectivity index (χ4n) is 2.65. The highest BCUT2D eigenvalue weighted by Crippen LogP contribution is 2.13. The molecule has 25 heavy (non-hydrogen) atoms. The normalized spacial score (nSPS) is 11.0. The van der Waals surface area contributed by atoms with Crippen LogP contribution in [-0.2, 0) is 15.2 Å². The molecule has 152 valence electrons. The van der Waals surface area contributed by atoms with Gasteiger partial charge < -0.3 is 5.11 Å². The molecule has 6 nitrogen and oxygen atoms in total. The Kier molecular flexibility index (Phi) is 20.9. The van der Waals surface area contributed by atoms with Crippen molar-refractivity contribution in [2.45, 2.75) is 110 Å². The zero-order valence-corrected chi connectivity index (χ0v) is 16.6. The summed E-state index contributed by atoms with van der Waals surface area (Å²) in [5.74, 6) is -0.653. The Morgan fingerprint density at radius 1 is 0.640 bits per heavy atom. The van der Waals surface area contributed by atoms with Gasteiger partial charge in [0.25, 0.3) is 0 Å². The van der Waals surface area contributed by atoms with E-state index >= 15 is 0 Å². The summed E-state index contributed by atoms with van der Waals surface area (Å²) in [6.45, 7) is 2.27. The van der Waals surface area contributed by atoms with Crippen molar-refractivity contribution >= 4 is 16.4 Å². The summed E-state index contributed by atoms with van der Waals surface area (Å²) in [7, 11) is -4.67. The number of rotatable bonds is 16. The molecule has 3 N–H and O–H groups in total. The van der Waals surface area contributed by atoms with Gasteiger partial charge in [0.05, 0.1) is 0 Å². The number of hydrogen-bond acceptors (Lipinski definition) is 3. The van der Waals surface area contributed by atoms with Crippen LogP contribution in [0.4, 0.5) is 0 Å². The summed E-state index contributed by atoms with van der Waals surface area (Å²) in [5.41, 5.74) is 0. The molecule has 0 radical (unpaired) electrons. The molecule has 0 saturated heterocycles. The van der Waals surface area contributed by atoms with Gasteiger partial charge in [-0.15, -0.1) is 0 Å². The lowest BCUT2D eigenvalue weighted by atomic mass is 10.0. The minimum Gasteiger partial charge on any atom is -0.481 e. The van der Waals surface area contributed by atoms with E-state index in [0.29, 0.717) is 6.42 Å². The number of unbranched alkanes of at least 4 members (excludes halogenated alkanes) is 14. The lowest BCUT2D eigenvalue weighted by Gasteiger charge is -2.03. The molecule has 0 unspecified atom stereocenters. The highest BCUT2D eigenvalue weighted by Gasteiger charge is 1.97. The molecule has 0 atom stereocenters. The molecule has 0 saturated carbocycles. The quantitative estimate of drug-likeness (QED) is 0.234. The van der Waals surface area contributed by atoms with E-state index in [9.17, 15) is 4.79 Å². The van der Waals surface area contributed by atoms with Gasteiger partial charge in [-0.3, -0.25) is 13.9 Å². The van der Waals surface area contributed by atoms with Crippen molar-refractivity contribution in [3.63, 3.8) is 0 Å². The second kappa shape index (κ2) is 19.7. The summed E-state index contributed by atoms with van der Waals surface area (Å²) >= 11 is 0. The zero-order valence-electron chi connectivity index (χ0n) is 15.8. The Balaban J connectivity index is 0. The number of aliphatic carboxylic acids is 1. The Morgan fingerprint density at radius 2 is 0.880 bits per heavy atom. The molecule has 0 rings (SSSR count). The summed E-state index contributed by atoms with van der Waals surface area (Å²) in [5, 5.41) is 8.52. The van der Waals surface area contributed by atoms with Crippen molar-refractivity contribution in [1.29, 1.82) is 0 Å². The summed E-state index contributed by atoms with van der Waals surface area (Å²) in [4.78, 5) is 10.3. The molecule has 0 bridgehead atoms. The molecule has 0 spiro atoms. The first kappa shape index (κ1) is 26.6. The van der Waals surface area contributed by atoms with Gasteiger partial charge in [-0.2, -0.15) is 8.42 Å². The van der Waals surface area contributed by atoms with Gasteiger partial charge >= 0.3 is 16.4 Å². The first-order valence-electron chi connectivity index (χ1n) is 9.69. The minimum atomic E-state index is -4.67. The van der Waals surface area contributed by atoms with Gasteiger partial charge in [-0.05, 0) is 6.42 Å². The van der Waals surface area contributed by atoms with E-state index in [1.165, 1.54) is 83.5 Å². The Hall–Kier alpha value is -0.660. The fraction of sp³-hybridized carbons (Fsp3) is 0.944. The average Bonchev–Trinajstić information content (AvgIpc) is 2.49. The van der Waals surface area contributed by atoms with Crippen molar-refractivity contribution in [3.05, 3.63) is 0 Å². The SMILES string of the molecule is CCCCCCCCCCCCCCCCCC(=O)O.O=S(=O)(O)O. The molecular formula is C18H38O6S. The van der Waals surface area contributed by atoms with E-state index in [1.54, 1.807) is 0 Å². The highest BCUT2D eigenvalue weighted by atomic mass is 32.3. The predicted octanol–water partition coefficient (Wildman–Crippen LogP) is 5.68. The van der Waals surface area contributed by atoms with Crippen LogP contribution in [0.25, 0.3) is 0 Å². The molecule has 0 heterocycles. The van der Waals surface area contributed by atoms with E-state index in [-0.39, 0.29) is 0 Å². The molecule has 7 heteroatoms. The first-order chi connectivity index (χ1) is 11.8. The Labute approximate surface area is 154 Å². The van der Waals surface area contributed by atoms with E-state index in [2.05, 4.69) is 6.92 Å². The van der Waals surface area contributed by atoms with Gasteiger partial charge in [0.15, 0.2) is 0 Å². The lowest BCUT2D eigenvalue weighted by Crippen LogP contribution is -1.93. The molecule has 0 amide bonds. The standard InChI is InChI=1S/C18H36O2.H2O4S/c1-2-3-4-5-6-7-8-9-10-11-12-13-14-15-16-17-18(19)20;1-5(2,3)4/h2-17H2,1H3,(H,19,20);(H2,1,2,3,4). The van der Waals surface area contributed by atoms with Crippen LogP contribution in [0.3, 0.4) is 0 Å². The third-order valence-corrected chi connectivity index (χ3v) is 3.99. The minimum absolute atomic E-state index is 0.345. The van der Waals surface area contributed by atoms with Gasteiger partial charge in [-0.25, -0.2) is 0 Å². The monoisotopic (exact) mass is 382 g/mol.